The largest absolute Gasteiger partial charge is 0.352 e. The Morgan fingerprint density at radius 2 is 0.456 bits per heavy atom. The topological polar surface area (TPSA) is 18.5 Å². The summed E-state index contributed by atoms with van der Waals surface area (Å²) in [5.74, 6) is 1.87. The van der Waals surface area contributed by atoms with Crippen molar-refractivity contribution >= 4 is 0 Å². The van der Waals surface area contributed by atoms with Crippen molar-refractivity contribution in [2.75, 3.05) is 13.2 Å². The summed E-state index contributed by atoms with van der Waals surface area (Å²) in [6.07, 6.45) is 60.2. The first kappa shape index (κ1) is 56.9. The van der Waals surface area contributed by atoms with E-state index in [1.165, 1.54) is 276 Å². The minimum Gasteiger partial charge on any atom is -0.352 e. The van der Waals surface area contributed by atoms with Crippen molar-refractivity contribution in [1.82, 2.24) is 0 Å². The monoisotopic (exact) mass is 805 g/mol. The second-order valence-electron chi connectivity index (χ2n) is 19.4. The Morgan fingerprint density at radius 1 is 0.246 bits per heavy atom. The molecule has 3 atom stereocenters. The van der Waals surface area contributed by atoms with Gasteiger partial charge in [-0.25, -0.2) is 0 Å². The number of rotatable bonds is 50. The number of unbranched alkanes of at least 4 members (excludes halogenated alkanes) is 33. The predicted octanol–water partition coefficient (Wildman–Crippen LogP) is 20.1. The summed E-state index contributed by atoms with van der Waals surface area (Å²) in [6, 6.07) is 0. The molecule has 2 heteroatoms. The summed E-state index contributed by atoms with van der Waals surface area (Å²) in [5, 5.41) is 0. The molecule has 0 heterocycles. The van der Waals surface area contributed by atoms with Crippen LogP contribution in [0.4, 0.5) is 0 Å². The van der Waals surface area contributed by atoms with Gasteiger partial charge < -0.3 is 9.47 Å². The molecule has 0 aliphatic rings. The zero-order valence-electron chi connectivity index (χ0n) is 40.9. The molecule has 0 rings (SSSR count). The maximum atomic E-state index is 6.95. The van der Waals surface area contributed by atoms with E-state index in [1.54, 1.807) is 0 Å². The van der Waals surface area contributed by atoms with Gasteiger partial charge in [0.25, 0.3) is 0 Å². The van der Waals surface area contributed by atoms with Crippen LogP contribution in [0.15, 0.2) is 0 Å². The molecule has 57 heavy (non-hydrogen) atoms. The number of hydrogen-bond donors (Lipinski definition) is 0. The first-order chi connectivity index (χ1) is 28.1. The van der Waals surface area contributed by atoms with Gasteiger partial charge >= 0.3 is 0 Å². The smallest absolute Gasteiger partial charge is 0.160 e. The molecule has 0 saturated heterocycles. The Morgan fingerprint density at radius 3 is 0.684 bits per heavy atom. The zero-order chi connectivity index (χ0) is 41.5. The van der Waals surface area contributed by atoms with Crippen LogP contribution in [0, 0.1) is 17.8 Å². The predicted molar refractivity (Wildman–Crippen MR) is 259 cm³/mol. The lowest BCUT2D eigenvalue weighted by Gasteiger charge is -2.29. The third-order valence-electron chi connectivity index (χ3n) is 13.3. The van der Waals surface area contributed by atoms with E-state index in [4.69, 9.17) is 9.47 Å². The van der Waals surface area contributed by atoms with Gasteiger partial charge in [-0.3, -0.25) is 0 Å². The number of ether oxygens (including phenoxy) is 2. The molecule has 3 unspecified atom stereocenters. The van der Waals surface area contributed by atoms with Crippen molar-refractivity contribution in [1.29, 1.82) is 0 Å². The molecule has 0 saturated carbocycles. The van der Waals surface area contributed by atoms with E-state index in [-0.39, 0.29) is 6.29 Å². The van der Waals surface area contributed by atoms with E-state index in [0.29, 0.717) is 17.8 Å². The van der Waals surface area contributed by atoms with Crippen molar-refractivity contribution in [3.05, 3.63) is 0 Å². The molecule has 344 valence electrons. The quantitative estimate of drug-likeness (QED) is 0.0450. The van der Waals surface area contributed by atoms with Crippen LogP contribution < -0.4 is 0 Å². The van der Waals surface area contributed by atoms with Gasteiger partial charge in [-0.1, -0.05) is 286 Å². The fraction of sp³-hybridized carbons (Fsp3) is 1.00. The highest BCUT2D eigenvalue weighted by Gasteiger charge is 2.22. The van der Waals surface area contributed by atoms with Gasteiger partial charge in [-0.2, -0.15) is 0 Å². The molecular weight excluding hydrogens is 693 g/mol. The van der Waals surface area contributed by atoms with Crippen LogP contribution in [0.5, 0.6) is 0 Å². The Bertz CT molecular complexity index is 655. The first-order valence-corrected chi connectivity index (χ1v) is 27.4. The van der Waals surface area contributed by atoms with Gasteiger partial charge in [-0.15, -0.1) is 0 Å². The molecule has 0 aromatic rings. The summed E-state index contributed by atoms with van der Waals surface area (Å²) in [5.41, 5.74) is 0. The summed E-state index contributed by atoms with van der Waals surface area (Å²) < 4.78 is 13.9. The third-order valence-corrected chi connectivity index (χ3v) is 13.3. The lowest BCUT2D eigenvalue weighted by atomic mass is 9.94. The van der Waals surface area contributed by atoms with Gasteiger partial charge in [0.2, 0.25) is 0 Å². The molecule has 0 aromatic carbocycles. The van der Waals surface area contributed by atoms with Crippen LogP contribution >= 0.6 is 0 Å². The highest BCUT2D eigenvalue weighted by atomic mass is 16.7. The SMILES string of the molecule is CCCCCCCCCCCCC(CCCCCCCCCC)COC(OCC(CCCCCCCCCC)CCCCCCCCCCCC)C(C)CCCC. The normalized spacial score (nSPS) is 14.0. The van der Waals surface area contributed by atoms with Gasteiger partial charge in [-0.05, 0) is 43.9 Å². The average molecular weight is 805 g/mol. The van der Waals surface area contributed by atoms with Gasteiger partial charge in [0, 0.05) is 5.92 Å². The van der Waals surface area contributed by atoms with Crippen LogP contribution in [-0.2, 0) is 9.47 Å². The van der Waals surface area contributed by atoms with Crippen LogP contribution in [0.3, 0.4) is 0 Å². The average Bonchev–Trinajstić information content (AvgIpc) is 3.22. The Kier molecular flexibility index (Phi) is 48.5. The van der Waals surface area contributed by atoms with Crippen molar-refractivity contribution in [2.45, 2.75) is 324 Å². The molecule has 2 nitrogen and oxygen atoms in total. The maximum Gasteiger partial charge on any atom is 0.160 e. The molecule has 0 N–H and O–H groups in total. The lowest BCUT2D eigenvalue weighted by Crippen LogP contribution is -2.30. The Hall–Kier alpha value is -0.0800. The van der Waals surface area contributed by atoms with Gasteiger partial charge in [0.05, 0.1) is 13.2 Å². The number of hydrogen-bond acceptors (Lipinski definition) is 2. The standard InChI is InChI=1S/C55H112O2/c1-7-12-17-21-25-29-31-35-39-43-48-53(46-41-37-33-27-23-19-14-9-3)50-56-55(52(6)45-16-11-5)57-51-54(47-42-38-34-28-24-20-15-10-4)49-44-40-36-32-30-26-22-18-13-8-2/h52-55H,7-51H2,1-6H3. The van der Waals surface area contributed by atoms with Crippen molar-refractivity contribution in [3.8, 4) is 0 Å². The minimum absolute atomic E-state index is 0.0286. The fourth-order valence-electron chi connectivity index (χ4n) is 9.10. The highest BCUT2D eigenvalue weighted by molar-refractivity contribution is 4.67. The molecule has 0 aromatic heterocycles. The van der Waals surface area contributed by atoms with Crippen molar-refractivity contribution in [3.63, 3.8) is 0 Å². The van der Waals surface area contributed by atoms with Crippen LogP contribution in [0.1, 0.15) is 318 Å². The summed E-state index contributed by atoms with van der Waals surface area (Å²) in [7, 11) is 0. The van der Waals surface area contributed by atoms with E-state index in [9.17, 15) is 0 Å². The van der Waals surface area contributed by atoms with Crippen molar-refractivity contribution in [2.24, 2.45) is 17.8 Å². The van der Waals surface area contributed by atoms with Crippen molar-refractivity contribution < 1.29 is 9.47 Å². The summed E-state index contributed by atoms with van der Waals surface area (Å²) in [4.78, 5) is 0. The molecular formula is C55H112O2. The molecule has 0 amide bonds. The summed E-state index contributed by atoms with van der Waals surface area (Å²) >= 11 is 0. The summed E-state index contributed by atoms with van der Waals surface area (Å²) in [6.45, 7) is 15.9. The Balaban J connectivity index is 5.18. The first-order valence-electron chi connectivity index (χ1n) is 27.4. The Labute approximate surface area is 363 Å². The van der Waals surface area contributed by atoms with E-state index in [1.807, 2.05) is 0 Å². The zero-order valence-corrected chi connectivity index (χ0v) is 40.9. The van der Waals surface area contributed by atoms with Crippen LogP contribution in [0.25, 0.3) is 0 Å². The maximum absolute atomic E-state index is 6.95. The molecule has 0 fully saturated rings. The third kappa shape index (κ3) is 42.4. The fourth-order valence-corrected chi connectivity index (χ4v) is 9.10. The second kappa shape index (κ2) is 48.6. The van der Waals surface area contributed by atoms with E-state index in [0.717, 1.165) is 13.2 Å². The molecule has 0 spiro atoms. The molecule has 0 aliphatic carbocycles. The van der Waals surface area contributed by atoms with Crippen LogP contribution in [0.2, 0.25) is 0 Å². The molecule has 0 aliphatic heterocycles. The minimum atomic E-state index is -0.0286. The highest BCUT2D eigenvalue weighted by Crippen LogP contribution is 2.26. The lowest BCUT2D eigenvalue weighted by molar-refractivity contribution is -0.185. The molecule has 0 radical (unpaired) electrons. The second-order valence-corrected chi connectivity index (χ2v) is 19.4. The molecule has 0 bridgehead atoms. The van der Waals surface area contributed by atoms with E-state index >= 15 is 0 Å². The van der Waals surface area contributed by atoms with Gasteiger partial charge in [0.15, 0.2) is 6.29 Å². The van der Waals surface area contributed by atoms with E-state index in [2.05, 4.69) is 41.5 Å². The van der Waals surface area contributed by atoms with E-state index < -0.39 is 0 Å². The van der Waals surface area contributed by atoms with Crippen LogP contribution in [-0.4, -0.2) is 19.5 Å². The van der Waals surface area contributed by atoms with Gasteiger partial charge in [0.1, 0.15) is 0 Å².